The van der Waals surface area contributed by atoms with Crippen LogP contribution in [0.5, 0.6) is 0 Å². The monoisotopic (exact) mass is 219 g/mol. The number of nitrogens with two attached hydrogens (primary N) is 1. The van der Waals surface area contributed by atoms with Crippen molar-refractivity contribution < 1.29 is 0 Å². The molecule has 2 aromatic rings. The second kappa shape index (κ2) is 4.40. The van der Waals surface area contributed by atoms with E-state index in [4.69, 9.17) is 5.73 Å². The van der Waals surface area contributed by atoms with Crippen LogP contribution in [0.25, 0.3) is 0 Å². The SMILES string of the molecule is Cc1nc(N)sc1CCc1ccccn1. The first-order chi connectivity index (χ1) is 7.25. The van der Waals surface area contributed by atoms with Crippen LogP contribution >= 0.6 is 11.3 Å². The van der Waals surface area contributed by atoms with E-state index in [1.165, 1.54) is 4.88 Å². The Hall–Kier alpha value is -1.42. The van der Waals surface area contributed by atoms with Crippen molar-refractivity contribution in [1.82, 2.24) is 9.97 Å². The van der Waals surface area contributed by atoms with Gasteiger partial charge in [-0.3, -0.25) is 4.98 Å². The van der Waals surface area contributed by atoms with Gasteiger partial charge in [0, 0.05) is 16.8 Å². The first-order valence-corrected chi connectivity index (χ1v) is 5.69. The lowest BCUT2D eigenvalue weighted by atomic mass is 10.2. The van der Waals surface area contributed by atoms with Crippen LogP contribution in [0.3, 0.4) is 0 Å². The lowest BCUT2D eigenvalue weighted by Gasteiger charge is -1.98. The summed E-state index contributed by atoms with van der Waals surface area (Å²) in [4.78, 5) is 9.74. The Labute approximate surface area is 93.0 Å². The normalized spacial score (nSPS) is 10.5. The molecule has 2 aromatic heterocycles. The van der Waals surface area contributed by atoms with Crippen molar-refractivity contribution in [3.8, 4) is 0 Å². The minimum atomic E-state index is 0.656. The lowest BCUT2D eigenvalue weighted by molar-refractivity contribution is 0.917. The fourth-order valence-corrected chi connectivity index (χ4v) is 2.30. The van der Waals surface area contributed by atoms with Crippen LogP contribution < -0.4 is 5.73 Å². The molecule has 0 atom stereocenters. The summed E-state index contributed by atoms with van der Waals surface area (Å²) in [5.74, 6) is 0. The Bertz CT molecular complexity index is 436. The minimum absolute atomic E-state index is 0.656. The van der Waals surface area contributed by atoms with E-state index >= 15 is 0 Å². The van der Waals surface area contributed by atoms with E-state index in [0.29, 0.717) is 5.13 Å². The van der Waals surface area contributed by atoms with Gasteiger partial charge in [-0.05, 0) is 31.9 Å². The molecule has 2 rings (SSSR count). The van der Waals surface area contributed by atoms with E-state index in [2.05, 4.69) is 9.97 Å². The molecule has 0 aliphatic rings. The third-order valence-corrected chi connectivity index (χ3v) is 3.29. The number of nitrogen functional groups attached to an aromatic ring is 1. The number of hydrogen-bond donors (Lipinski definition) is 1. The van der Waals surface area contributed by atoms with Crippen LogP contribution in [0.1, 0.15) is 16.3 Å². The predicted molar refractivity (Wildman–Crippen MR) is 62.9 cm³/mol. The number of aromatic nitrogens is 2. The molecule has 15 heavy (non-hydrogen) atoms. The van der Waals surface area contributed by atoms with Crippen LogP contribution in [0, 0.1) is 6.92 Å². The molecule has 0 unspecified atom stereocenters. The van der Waals surface area contributed by atoms with E-state index in [1.807, 2.05) is 31.3 Å². The van der Waals surface area contributed by atoms with Gasteiger partial charge in [0.15, 0.2) is 5.13 Å². The standard InChI is InChI=1S/C11H13N3S/c1-8-10(15-11(12)14-8)6-5-9-4-2-3-7-13-9/h2-4,7H,5-6H2,1H3,(H2,12,14). The third-order valence-electron chi connectivity index (χ3n) is 2.24. The van der Waals surface area contributed by atoms with Gasteiger partial charge in [-0.2, -0.15) is 0 Å². The van der Waals surface area contributed by atoms with Crippen molar-refractivity contribution in [2.45, 2.75) is 19.8 Å². The van der Waals surface area contributed by atoms with Crippen LogP contribution in [0.15, 0.2) is 24.4 Å². The fraction of sp³-hybridized carbons (Fsp3) is 0.273. The van der Waals surface area contributed by atoms with Crippen molar-refractivity contribution in [3.63, 3.8) is 0 Å². The van der Waals surface area contributed by atoms with Gasteiger partial charge in [0.1, 0.15) is 0 Å². The van der Waals surface area contributed by atoms with Crippen molar-refractivity contribution >= 4 is 16.5 Å². The second-order valence-electron chi connectivity index (χ2n) is 3.38. The molecule has 0 aromatic carbocycles. The number of aryl methyl sites for hydroxylation is 3. The molecule has 0 saturated carbocycles. The Morgan fingerprint density at radius 2 is 2.20 bits per heavy atom. The largest absolute Gasteiger partial charge is 0.375 e. The Kier molecular flexibility index (Phi) is 2.97. The van der Waals surface area contributed by atoms with Crippen molar-refractivity contribution in [2.75, 3.05) is 5.73 Å². The molecular weight excluding hydrogens is 206 g/mol. The number of nitrogens with zero attached hydrogens (tertiary/aromatic N) is 2. The van der Waals surface area contributed by atoms with Crippen LogP contribution in [0.4, 0.5) is 5.13 Å². The Balaban J connectivity index is 2.02. The van der Waals surface area contributed by atoms with Crippen LogP contribution in [-0.4, -0.2) is 9.97 Å². The van der Waals surface area contributed by atoms with Gasteiger partial charge in [-0.25, -0.2) is 4.98 Å². The number of hydrogen-bond acceptors (Lipinski definition) is 4. The smallest absolute Gasteiger partial charge is 0.180 e. The number of pyridine rings is 1. The number of thiazole rings is 1. The average molecular weight is 219 g/mol. The van der Waals surface area contributed by atoms with E-state index < -0.39 is 0 Å². The molecular formula is C11H13N3S. The predicted octanol–water partition coefficient (Wildman–Crippen LogP) is 2.21. The molecule has 0 saturated heterocycles. The quantitative estimate of drug-likeness (QED) is 0.861. The molecule has 0 amide bonds. The highest BCUT2D eigenvalue weighted by molar-refractivity contribution is 7.15. The Morgan fingerprint density at radius 1 is 1.33 bits per heavy atom. The fourth-order valence-electron chi connectivity index (χ4n) is 1.47. The van der Waals surface area contributed by atoms with E-state index in [1.54, 1.807) is 11.3 Å². The van der Waals surface area contributed by atoms with Crippen LogP contribution in [0.2, 0.25) is 0 Å². The molecule has 0 aliphatic heterocycles. The molecule has 0 aliphatic carbocycles. The first-order valence-electron chi connectivity index (χ1n) is 4.87. The lowest BCUT2D eigenvalue weighted by Crippen LogP contribution is -1.93. The molecule has 0 spiro atoms. The van der Waals surface area contributed by atoms with Crippen molar-refractivity contribution in [3.05, 3.63) is 40.7 Å². The van der Waals surface area contributed by atoms with Crippen molar-refractivity contribution in [2.24, 2.45) is 0 Å². The van der Waals surface area contributed by atoms with Crippen LogP contribution in [-0.2, 0) is 12.8 Å². The van der Waals surface area contributed by atoms with Gasteiger partial charge in [0.05, 0.1) is 5.69 Å². The maximum atomic E-state index is 5.64. The van der Waals surface area contributed by atoms with Gasteiger partial charge < -0.3 is 5.73 Å². The van der Waals surface area contributed by atoms with Gasteiger partial charge in [-0.15, -0.1) is 11.3 Å². The van der Waals surface area contributed by atoms with Gasteiger partial charge in [0.25, 0.3) is 0 Å². The first kappa shape index (κ1) is 10.1. The van der Waals surface area contributed by atoms with Gasteiger partial charge in [-0.1, -0.05) is 6.07 Å². The maximum Gasteiger partial charge on any atom is 0.180 e. The summed E-state index contributed by atoms with van der Waals surface area (Å²) in [5.41, 5.74) is 7.80. The van der Waals surface area contributed by atoms with Gasteiger partial charge >= 0.3 is 0 Å². The highest BCUT2D eigenvalue weighted by Crippen LogP contribution is 2.20. The zero-order valence-corrected chi connectivity index (χ0v) is 9.42. The summed E-state index contributed by atoms with van der Waals surface area (Å²) in [5, 5.41) is 0.656. The highest BCUT2D eigenvalue weighted by Gasteiger charge is 2.05. The molecule has 0 fully saturated rings. The summed E-state index contributed by atoms with van der Waals surface area (Å²) >= 11 is 1.57. The molecule has 2 N–H and O–H groups in total. The molecule has 3 nitrogen and oxygen atoms in total. The highest BCUT2D eigenvalue weighted by atomic mass is 32.1. The molecule has 2 heterocycles. The molecule has 0 bridgehead atoms. The van der Waals surface area contributed by atoms with Crippen molar-refractivity contribution in [1.29, 1.82) is 0 Å². The summed E-state index contributed by atoms with van der Waals surface area (Å²) in [6.45, 7) is 2.00. The number of rotatable bonds is 3. The molecule has 0 radical (unpaired) electrons. The molecule has 4 heteroatoms. The topological polar surface area (TPSA) is 51.8 Å². The minimum Gasteiger partial charge on any atom is -0.375 e. The summed E-state index contributed by atoms with van der Waals surface area (Å²) < 4.78 is 0. The average Bonchev–Trinajstić information content (AvgIpc) is 2.56. The maximum absolute atomic E-state index is 5.64. The summed E-state index contributed by atoms with van der Waals surface area (Å²) in [6, 6.07) is 5.98. The zero-order valence-electron chi connectivity index (χ0n) is 8.60. The zero-order chi connectivity index (χ0) is 10.7. The third kappa shape index (κ3) is 2.53. The Morgan fingerprint density at radius 3 is 2.80 bits per heavy atom. The summed E-state index contributed by atoms with van der Waals surface area (Å²) in [7, 11) is 0. The van der Waals surface area contributed by atoms with E-state index in [-0.39, 0.29) is 0 Å². The second-order valence-corrected chi connectivity index (χ2v) is 4.50. The van der Waals surface area contributed by atoms with Gasteiger partial charge in [0.2, 0.25) is 0 Å². The summed E-state index contributed by atoms with van der Waals surface area (Å²) in [6.07, 6.45) is 3.74. The van der Waals surface area contributed by atoms with E-state index in [9.17, 15) is 0 Å². The van der Waals surface area contributed by atoms with E-state index in [0.717, 1.165) is 24.2 Å². The number of anilines is 1. The molecule has 78 valence electrons.